The average Bonchev–Trinajstić information content (AvgIpc) is 2.01. The van der Waals surface area contributed by atoms with Crippen LogP contribution in [0.5, 0.6) is 0 Å². The fourth-order valence-corrected chi connectivity index (χ4v) is 1.64. The van der Waals surface area contributed by atoms with Crippen molar-refractivity contribution >= 4 is 15.9 Å². The molecule has 0 aliphatic carbocycles. The van der Waals surface area contributed by atoms with Gasteiger partial charge in [-0.05, 0) is 43.7 Å². The summed E-state index contributed by atoms with van der Waals surface area (Å²) in [5.41, 5.74) is 4.01. The Kier molecular flexibility index (Phi) is 3.29. The monoisotopic (exact) mass is 227 g/mol. The smallest absolute Gasteiger partial charge is 0.0207 e. The minimum absolute atomic E-state index is 0.935. The standard InChI is InChI=1S/C10H14BrN/c1-7-4-8(2)10(11)5-9(7)6-12-3/h4-5,12H,6H2,1-3H3. The first kappa shape index (κ1) is 9.75. The molecule has 66 valence electrons. The molecule has 1 aromatic rings. The number of hydrogen-bond donors (Lipinski definition) is 1. The molecule has 0 saturated carbocycles. The molecule has 0 aliphatic heterocycles. The molecule has 12 heavy (non-hydrogen) atoms. The summed E-state index contributed by atoms with van der Waals surface area (Å²) in [5, 5.41) is 3.15. The molecule has 1 nitrogen and oxygen atoms in total. The molecular weight excluding hydrogens is 214 g/mol. The van der Waals surface area contributed by atoms with Gasteiger partial charge in [0, 0.05) is 11.0 Å². The second-order valence-electron chi connectivity index (χ2n) is 3.06. The lowest BCUT2D eigenvalue weighted by Gasteiger charge is -2.07. The largest absolute Gasteiger partial charge is 0.316 e. The van der Waals surface area contributed by atoms with Gasteiger partial charge in [-0.2, -0.15) is 0 Å². The number of hydrogen-bond acceptors (Lipinski definition) is 1. The van der Waals surface area contributed by atoms with Crippen molar-refractivity contribution in [3.05, 3.63) is 33.3 Å². The summed E-state index contributed by atoms with van der Waals surface area (Å²) < 4.78 is 1.19. The van der Waals surface area contributed by atoms with E-state index in [1.165, 1.54) is 21.2 Å². The van der Waals surface area contributed by atoms with E-state index in [2.05, 4.69) is 47.2 Å². The van der Waals surface area contributed by atoms with Gasteiger partial charge in [-0.1, -0.05) is 22.0 Å². The third-order valence-corrected chi connectivity index (χ3v) is 2.84. The van der Waals surface area contributed by atoms with Crippen LogP contribution in [-0.4, -0.2) is 7.05 Å². The second kappa shape index (κ2) is 4.06. The van der Waals surface area contributed by atoms with Crippen molar-refractivity contribution in [3.8, 4) is 0 Å². The molecule has 1 N–H and O–H groups in total. The molecular formula is C10H14BrN. The van der Waals surface area contributed by atoms with Gasteiger partial charge in [0.15, 0.2) is 0 Å². The van der Waals surface area contributed by atoms with Gasteiger partial charge in [0.05, 0.1) is 0 Å². The topological polar surface area (TPSA) is 12.0 Å². The summed E-state index contributed by atoms with van der Waals surface area (Å²) >= 11 is 3.52. The van der Waals surface area contributed by atoms with Crippen LogP contribution >= 0.6 is 15.9 Å². The number of benzene rings is 1. The maximum atomic E-state index is 3.52. The van der Waals surface area contributed by atoms with Crippen LogP contribution in [0.1, 0.15) is 16.7 Å². The fraction of sp³-hybridized carbons (Fsp3) is 0.400. The number of nitrogens with one attached hydrogen (secondary N) is 1. The lowest BCUT2D eigenvalue weighted by atomic mass is 10.1. The lowest BCUT2D eigenvalue weighted by molar-refractivity contribution is 0.811. The normalized spacial score (nSPS) is 10.3. The highest BCUT2D eigenvalue weighted by Gasteiger charge is 2.00. The van der Waals surface area contributed by atoms with Crippen molar-refractivity contribution in [3.63, 3.8) is 0 Å². The summed E-state index contributed by atoms with van der Waals surface area (Å²) in [6.45, 7) is 5.19. The van der Waals surface area contributed by atoms with Crippen molar-refractivity contribution in [1.82, 2.24) is 5.32 Å². The SMILES string of the molecule is CNCc1cc(Br)c(C)cc1C. The number of halogens is 1. The molecule has 0 heterocycles. The second-order valence-corrected chi connectivity index (χ2v) is 3.91. The molecule has 0 aromatic heterocycles. The van der Waals surface area contributed by atoms with Gasteiger partial charge >= 0.3 is 0 Å². The van der Waals surface area contributed by atoms with Crippen LogP contribution in [0.15, 0.2) is 16.6 Å². The van der Waals surface area contributed by atoms with Crippen LogP contribution in [0, 0.1) is 13.8 Å². The minimum Gasteiger partial charge on any atom is -0.316 e. The molecule has 0 saturated heterocycles. The zero-order valence-electron chi connectivity index (χ0n) is 7.74. The van der Waals surface area contributed by atoms with E-state index in [1.807, 2.05) is 7.05 Å². The zero-order valence-corrected chi connectivity index (χ0v) is 9.33. The first-order valence-corrected chi connectivity index (χ1v) is 4.84. The third kappa shape index (κ3) is 2.08. The first-order chi connectivity index (χ1) is 5.65. The van der Waals surface area contributed by atoms with Crippen molar-refractivity contribution in [2.75, 3.05) is 7.05 Å². The van der Waals surface area contributed by atoms with Crippen molar-refractivity contribution in [2.24, 2.45) is 0 Å². The molecule has 1 aromatic carbocycles. The van der Waals surface area contributed by atoms with E-state index in [4.69, 9.17) is 0 Å². The van der Waals surface area contributed by atoms with Crippen molar-refractivity contribution < 1.29 is 0 Å². The fourth-order valence-electron chi connectivity index (χ4n) is 1.25. The molecule has 0 radical (unpaired) electrons. The van der Waals surface area contributed by atoms with Crippen molar-refractivity contribution in [1.29, 1.82) is 0 Å². The average molecular weight is 228 g/mol. The molecule has 0 fully saturated rings. The Hall–Kier alpha value is -0.340. The predicted octanol–water partition coefficient (Wildman–Crippen LogP) is 2.79. The molecule has 1 rings (SSSR count). The first-order valence-electron chi connectivity index (χ1n) is 4.05. The molecule has 0 unspecified atom stereocenters. The van der Waals surface area contributed by atoms with Gasteiger partial charge < -0.3 is 5.32 Å². The summed E-state index contributed by atoms with van der Waals surface area (Å²) in [6, 6.07) is 4.39. The maximum absolute atomic E-state index is 3.52. The van der Waals surface area contributed by atoms with Gasteiger partial charge in [-0.3, -0.25) is 0 Å². The highest BCUT2D eigenvalue weighted by atomic mass is 79.9. The van der Waals surface area contributed by atoms with Crippen LogP contribution < -0.4 is 5.32 Å². The Morgan fingerprint density at radius 1 is 1.25 bits per heavy atom. The number of rotatable bonds is 2. The van der Waals surface area contributed by atoms with Gasteiger partial charge in [-0.15, -0.1) is 0 Å². The van der Waals surface area contributed by atoms with Crippen LogP contribution in [0.3, 0.4) is 0 Å². The Morgan fingerprint density at radius 2 is 1.92 bits per heavy atom. The Bertz CT molecular complexity index is 281. The van der Waals surface area contributed by atoms with E-state index in [-0.39, 0.29) is 0 Å². The van der Waals surface area contributed by atoms with Crippen molar-refractivity contribution in [2.45, 2.75) is 20.4 Å². The predicted molar refractivity (Wildman–Crippen MR) is 56.4 cm³/mol. The van der Waals surface area contributed by atoms with Gasteiger partial charge in [-0.25, -0.2) is 0 Å². The van der Waals surface area contributed by atoms with E-state index in [0.717, 1.165) is 6.54 Å². The highest BCUT2D eigenvalue weighted by Crippen LogP contribution is 2.20. The van der Waals surface area contributed by atoms with Gasteiger partial charge in [0.1, 0.15) is 0 Å². The Morgan fingerprint density at radius 3 is 2.50 bits per heavy atom. The molecule has 0 amide bonds. The zero-order chi connectivity index (χ0) is 9.14. The molecule has 0 bridgehead atoms. The maximum Gasteiger partial charge on any atom is 0.0207 e. The number of aryl methyl sites for hydroxylation is 2. The quantitative estimate of drug-likeness (QED) is 0.820. The van der Waals surface area contributed by atoms with E-state index in [9.17, 15) is 0 Å². The van der Waals surface area contributed by atoms with Crippen LogP contribution in [0.2, 0.25) is 0 Å². The molecule has 0 spiro atoms. The van der Waals surface area contributed by atoms with Crippen LogP contribution in [0.25, 0.3) is 0 Å². The van der Waals surface area contributed by atoms with E-state index in [1.54, 1.807) is 0 Å². The summed E-state index contributed by atoms with van der Waals surface area (Å²) in [4.78, 5) is 0. The van der Waals surface area contributed by atoms with E-state index >= 15 is 0 Å². The van der Waals surface area contributed by atoms with Crippen LogP contribution in [0.4, 0.5) is 0 Å². The van der Waals surface area contributed by atoms with Gasteiger partial charge in [0.2, 0.25) is 0 Å². The molecule has 2 heteroatoms. The summed E-state index contributed by atoms with van der Waals surface area (Å²) in [7, 11) is 1.97. The summed E-state index contributed by atoms with van der Waals surface area (Å²) in [5.74, 6) is 0. The molecule has 0 aliphatic rings. The molecule has 0 atom stereocenters. The third-order valence-electron chi connectivity index (χ3n) is 1.98. The highest BCUT2D eigenvalue weighted by molar-refractivity contribution is 9.10. The summed E-state index contributed by atoms with van der Waals surface area (Å²) in [6.07, 6.45) is 0. The van der Waals surface area contributed by atoms with Crippen LogP contribution in [-0.2, 0) is 6.54 Å². The van der Waals surface area contributed by atoms with E-state index < -0.39 is 0 Å². The Labute approximate surface area is 82.3 Å². The minimum atomic E-state index is 0.935. The lowest BCUT2D eigenvalue weighted by Crippen LogP contribution is -2.06. The van der Waals surface area contributed by atoms with E-state index in [0.29, 0.717) is 0 Å². The van der Waals surface area contributed by atoms with Gasteiger partial charge in [0.25, 0.3) is 0 Å². The Balaban J connectivity index is 3.05.